The Kier molecular flexibility index (Phi) is 4.73. The van der Waals surface area contributed by atoms with Gasteiger partial charge in [-0.15, -0.1) is 0 Å². The summed E-state index contributed by atoms with van der Waals surface area (Å²) in [7, 11) is 1.77. The topological polar surface area (TPSA) is 93.7 Å². The summed E-state index contributed by atoms with van der Waals surface area (Å²) in [6, 6.07) is 8.02. The van der Waals surface area contributed by atoms with E-state index in [1.54, 1.807) is 37.5 Å². The van der Waals surface area contributed by atoms with Gasteiger partial charge in [0.15, 0.2) is 5.82 Å². The van der Waals surface area contributed by atoms with E-state index in [4.69, 9.17) is 0 Å². The van der Waals surface area contributed by atoms with Crippen LogP contribution in [0.15, 0.2) is 36.5 Å². The van der Waals surface area contributed by atoms with Gasteiger partial charge in [-0.05, 0) is 31.3 Å². The second-order valence-electron chi connectivity index (χ2n) is 8.31. The van der Waals surface area contributed by atoms with Gasteiger partial charge in [0.05, 0.1) is 18.8 Å². The molecule has 9 nitrogen and oxygen atoms in total. The number of fused-ring (bicyclic) bond motifs is 4. The maximum absolute atomic E-state index is 13.6. The number of pyridine rings is 2. The third-order valence-corrected chi connectivity index (χ3v) is 6.33. The number of likely N-dealkylation sites (tertiary alicyclic amines) is 1. The number of halogens is 2. The highest BCUT2D eigenvalue weighted by atomic mass is 19.3. The van der Waals surface area contributed by atoms with Crippen LogP contribution in [0.4, 0.5) is 30.9 Å². The van der Waals surface area contributed by atoms with Crippen molar-refractivity contribution in [2.24, 2.45) is 0 Å². The number of nitrogens with one attached hydrogen (secondary N) is 2. The summed E-state index contributed by atoms with van der Waals surface area (Å²) < 4.78 is 27.3. The maximum Gasteiger partial charge on any atom is 0.330 e. The molecule has 168 valence electrons. The summed E-state index contributed by atoms with van der Waals surface area (Å²) in [6.07, 6.45) is 1.86. The average molecular weight is 443 g/mol. The first-order chi connectivity index (χ1) is 15.3. The number of anilines is 3. The lowest BCUT2D eigenvalue weighted by molar-refractivity contribution is 0.0119. The summed E-state index contributed by atoms with van der Waals surface area (Å²) in [4.78, 5) is 39.7. The number of aromatic nitrogens is 2. The van der Waals surface area contributed by atoms with Gasteiger partial charge in [0.1, 0.15) is 17.2 Å². The van der Waals surface area contributed by atoms with Crippen molar-refractivity contribution in [2.75, 3.05) is 48.3 Å². The molecule has 3 aliphatic rings. The SMILES string of the molecule is CN[C@]12CCN(C1)c1ccc(C(=O)N3CCC(F)(F)C3)nc1N2C(=O)Nc1ccccn1. The molecule has 0 saturated carbocycles. The molecule has 2 N–H and O–H groups in total. The van der Waals surface area contributed by atoms with Gasteiger partial charge in [-0.1, -0.05) is 6.07 Å². The van der Waals surface area contributed by atoms with Gasteiger partial charge in [-0.2, -0.15) is 0 Å². The van der Waals surface area contributed by atoms with Crippen molar-refractivity contribution in [3.05, 3.63) is 42.2 Å². The zero-order valence-corrected chi connectivity index (χ0v) is 17.5. The third-order valence-electron chi connectivity index (χ3n) is 6.33. The van der Waals surface area contributed by atoms with Crippen LogP contribution in [-0.4, -0.2) is 71.6 Å². The first-order valence-corrected chi connectivity index (χ1v) is 10.5. The molecule has 3 aliphatic heterocycles. The van der Waals surface area contributed by atoms with Gasteiger partial charge in [0.2, 0.25) is 0 Å². The molecule has 2 aromatic rings. The molecule has 0 radical (unpaired) electrons. The molecule has 32 heavy (non-hydrogen) atoms. The summed E-state index contributed by atoms with van der Waals surface area (Å²) in [5.41, 5.74) is 0.0278. The predicted octanol–water partition coefficient (Wildman–Crippen LogP) is 2.14. The fourth-order valence-electron chi connectivity index (χ4n) is 4.64. The monoisotopic (exact) mass is 443 g/mol. The number of amides is 3. The second kappa shape index (κ2) is 7.37. The Labute approximate surface area is 183 Å². The van der Waals surface area contributed by atoms with E-state index in [0.29, 0.717) is 36.8 Å². The van der Waals surface area contributed by atoms with Crippen LogP contribution in [0.5, 0.6) is 0 Å². The van der Waals surface area contributed by atoms with E-state index in [1.807, 2.05) is 0 Å². The molecule has 3 amide bonds. The van der Waals surface area contributed by atoms with E-state index >= 15 is 0 Å². The van der Waals surface area contributed by atoms with Crippen molar-refractivity contribution in [1.29, 1.82) is 0 Å². The van der Waals surface area contributed by atoms with E-state index < -0.39 is 30.1 Å². The Morgan fingerprint density at radius 1 is 1.09 bits per heavy atom. The standard InChI is InChI=1S/C21H23F2N7O2/c1-24-21-8-11-28(13-21)15-6-5-14(18(31)29-10-7-20(22,23)12-29)26-17(15)30(21)19(32)27-16-4-2-3-9-25-16/h2-6,9,24H,7-8,10-13H2,1H3,(H,25,27,32)/t21-/m0/s1. The van der Waals surface area contributed by atoms with Crippen LogP contribution in [0.1, 0.15) is 23.3 Å². The quantitative estimate of drug-likeness (QED) is 0.755. The number of carbonyl (C=O) groups excluding carboxylic acids is 2. The summed E-state index contributed by atoms with van der Waals surface area (Å²) in [5, 5.41) is 6.04. The van der Waals surface area contributed by atoms with E-state index in [2.05, 4.69) is 25.5 Å². The van der Waals surface area contributed by atoms with Gasteiger partial charge < -0.3 is 9.80 Å². The number of alkyl halides is 2. The molecule has 1 atom stereocenters. The molecule has 5 rings (SSSR count). The van der Waals surface area contributed by atoms with E-state index in [-0.39, 0.29) is 18.7 Å². The maximum atomic E-state index is 13.6. The molecule has 2 fully saturated rings. The Morgan fingerprint density at radius 3 is 2.62 bits per heavy atom. The van der Waals surface area contributed by atoms with E-state index in [1.165, 1.54) is 11.0 Å². The Morgan fingerprint density at radius 2 is 1.94 bits per heavy atom. The van der Waals surface area contributed by atoms with Gasteiger partial charge in [-0.25, -0.2) is 23.5 Å². The highest BCUT2D eigenvalue weighted by Gasteiger charge is 2.51. The molecule has 2 aromatic heterocycles. The molecular weight excluding hydrogens is 420 g/mol. The smallest absolute Gasteiger partial charge is 0.330 e. The van der Waals surface area contributed by atoms with Crippen molar-refractivity contribution in [1.82, 2.24) is 20.2 Å². The van der Waals surface area contributed by atoms with E-state index in [0.717, 1.165) is 4.90 Å². The van der Waals surface area contributed by atoms with E-state index in [9.17, 15) is 18.4 Å². The molecule has 2 bridgehead atoms. The van der Waals surface area contributed by atoms with Crippen LogP contribution >= 0.6 is 0 Å². The van der Waals surface area contributed by atoms with Crippen molar-refractivity contribution < 1.29 is 18.4 Å². The first-order valence-electron chi connectivity index (χ1n) is 10.5. The number of hydrogen-bond acceptors (Lipinski definition) is 6. The zero-order chi connectivity index (χ0) is 22.5. The highest BCUT2D eigenvalue weighted by Crippen LogP contribution is 2.43. The Balaban J connectivity index is 1.52. The molecule has 0 spiro atoms. The summed E-state index contributed by atoms with van der Waals surface area (Å²) in [6.45, 7) is 0.607. The number of nitrogens with zero attached hydrogens (tertiary/aromatic N) is 5. The van der Waals surface area contributed by atoms with Crippen molar-refractivity contribution in [3.8, 4) is 0 Å². The minimum absolute atomic E-state index is 0.0267. The van der Waals surface area contributed by atoms with Gasteiger partial charge in [-0.3, -0.25) is 20.3 Å². The lowest BCUT2D eigenvalue weighted by atomic mass is 10.1. The molecule has 11 heteroatoms. The van der Waals surface area contributed by atoms with Crippen LogP contribution in [0.3, 0.4) is 0 Å². The summed E-state index contributed by atoms with van der Waals surface area (Å²) in [5.74, 6) is -2.76. The number of carbonyl (C=O) groups is 2. The zero-order valence-electron chi connectivity index (χ0n) is 17.5. The van der Waals surface area contributed by atoms with Crippen LogP contribution in [0, 0.1) is 0 Å². The van der Waals surface area contributed by atoms with Crippen molar-refractivity contribution >= 4 is 29.3 Å². The Hall–Kier alpha value is -3.34. The van der Waals surface area contributed by atoms with Crippen LogP contribution in [0.25, 0.3) is 0 Å². The summed E-state index contributed by atoms with van der Waals surface area (Å²) >= 11 is 0. The molecule has 5 heterocycles. The lowest BCUT2D eigenvalue weighted by Gasteiger charge is -2.44. The fraction of sp³-hybridized carbons (Fsp3) is 0.429. The number of likely N-dealkylation sites (N-methyl/N-ethyl adjacent to an activating group) is 1. The second-order valence-corrected chi connectivity index (χ2v) is 8.31. The molecule has 0 aromatic carbocycles. The normalized spacial score (nSPS) is 23.3. The molecular formula is C21H23F2N7O2. The highest BCUT2D eigenvalue weighted by molar-refractivity contribution is 6.05. The minimum Gasteiger partial charge on any atom is -0.365 e. The lowest BCUT2D eigenvalue weighted by Crippen LogP contribution is -2.65. The third kappa shape index (κ3) is 3.32. The first kappa shape index (κ1) is 20.6. The van der Waals surface area contributed by atoms with Gasteiger partial charge >= 0.3 is 6.03 Å². The average Bonchev–Trinajstić information content (AvgIpc) is 3.35. The van der Waals surface area contributed by atoms with Crippen LogP contribution in [0.2, 0.25) is 0 Å². The fourth-order valence-corrected chi connectivity index (χ4v) is 4.64. The number of urea groups is 1. The molecule has 2 saturated heterocycles. The van der Waals surface area contributed by atoms with Gasteiger partial charge in [0.25, 0.3) is 11.8 Å². The molecule has 0 unspecified atom stereocenters. The predicted molar refractivity (Wildman–Crippen MR) is 114 cm³/mol. The van der Waals surface area contributed by atoms with Crippen LogP contribution in [-0.2, 0) is 0 Å². The molecule has 0 aliphatic carbocycles. The van der Waals surface area contributed by atoms with Gasteiger partial charge in [0, 0.05) is 32.1 Å². The largest absolute Gasteiger partial charge is 0.365 e. The van der Waals surface area contributed by atoms with Crippen LogP contribution < -0.4 is 20.4 Å². The number of rotatable bonds is 3. The van der Waals surface area contributed by atoms with Crippen molar-refractivity contribution in [2.45, 2.75) is 24.4 Å². The minimum atomic E-state index is -2.89. The number of hydrogen-bond donors (Lipinski definition) is 2. The van der Waals surface area contributed by atoms with Crippen molar-refractivity contribution in [3.63, 3.8) is 0 Å². The Bertz CT molecular complexity index is 1070.